The monoisotopic (exact) mass is 368 g/mol. The lowest BCUT2D eigenvalue weighted by molar-refractivity contribution is 0.0149. The molecule has 0 saturated carbocycles. The molecule has 4 rings (SSSR count). The Morgan fingerprint density at radius 3 is 2.63 bits per heavy atom. The Hall–Kier alpha value is -2.20. The number of hydrogen-bond acceptors (Lipinski definition) is 4. The van der Waals surface area contributed by atoms with Gasteiger partial charge in [0.05, 0.1) is 22.8 Å². The van der Waals surface area contributed by atoms with Crippen LogP contribution in [0.5, 0.6) is 17.2 Å². The minimum Gasteiger partial charge on any atom is -0.489 e. The van der Waals surface area contributed by atoms with Crippen molar-refractivity contribution in [2.24, 2.45) is 5.92 Å². The van der Waals surface area contributed by atoms with E-state index in [-0.39, 0.29) is 12.0 Å². The van der Waals surface area contributed by atoms with Crippen molar-refractivity contribution in [1.82, 2.24) is 0 Å². The van der Waals surface area contributed by atoms with Gasteiger partial charge >= 0.3 is 0 Å². The van der Waals surface area contributed by atoms with E-state index in [0.717, 1.165) is 35.3 Å². The molecule has 0 saturated heterocycles. The van der Waals surface area contributed by atoms with Gasteiger partial charge in [0.2, 0.25) is 0 Å². The van der Waals surface area contributed by atoms with Gasteiger partial charge in [-0.05, 0) is 51.0 Å². The molecule has 3 heterocycles. The van der Waals surface area contributed by atoms with Gasteiger partial charge in [-0.25, -0.2) is 0 Å². The van der Waals surface area contributed by atoms with Crippen molar-refractivity contribution in [2.45, 2.75) is 65.3 Å². The van der Waals surface area contributed by atoms with E-state index < -0.39 is 11.7 Å². The summed E-state index contributed by atoms with van der Waals surface area (Å²) in [7, 11) is 0. The van der Waals surface area contributed by atoms with Crippen molar-refractivity contribution in [3.05, 3.63) is 41.2 Å². The zero-order valence-corrected chi connectivity index (χ0v) is 16.8. The fourth-order valence-electron chi connectivity index (χ4n) is 4.06. The van der Waals surface area contributed by atoms with Crippen molar-refractivity contribution >= 4 is 11.6 Å². The summed E-state index contributed by atoms with van der Waals surface area (Å²) >= 11 is 0. The van der Waals surface area contributed by atoms with E-state index in [1.807, 2.05) is 39.8 Å². The van der Waals surface area contributed by atoms with Gasteiger partial charge in [-0.2, -0.15) is 0 Å². The number of aliphatic hydroxyl groups excluding tert-OH is 1. The number of hydrogen-bond donors (Lipinski definition) is 1. The molecule has 0 bridgehead atoms. The lowest BCUT2D eigenvalue weighted by atomic mass is 9.82. The minimum atomic E-state index is -0.667. The van der Waals surface area contributed by atoms with Crippen LogP contribution in [0.4, 0.5) is 0 Å². The van der Waals surface area contributed by atoms with Gasteiger partial charge in [0.1, 0.15) is 34.7 Å². The summed E-state index contributed by atoms with van der Waals surface area (Å²) in [5, 5.41) is 11.1. The maximum atomic E-state index is 11.1. The maximum absolute atomic E-state index is 11.1. The molecule has 0 fully saturated rings. The third kappa shape index (κ3) is 2.78. The van der Waals surface area contributed by atoms with Gasteiger partial charge < -0.3 is 19.3 Å². The Bertz CT molecular complexity index is 875. The first-order valence-electron chi connectivity index (χ1n) is 9.78. The average molecular weight is 368 g/mol. The molecular weight excluding hydrogens is 340 g/mol. The third-order valence-electron chi connectivity index (χ3n) is 5.70. The Morgan fingerprint density at radius 1 is 1.19 bits per heavy atom. The Morgan fingerprint density at radius 2 is 1.93 bits per heavy atom. The molecule has 0 spiro atoms. The van der Waals surface area contributed by atoms with E-state index in [2.05, 4.69) is 19.6 Å². The molecule has 0 aliphatic carbocycles. The fourth-order valence-corrected chi connectivity index (χ4v) is 4.06. The summed E-state index contributed by atoms with van der Waals surface area (Å²) in [5.74, 6) is 2.62. The fraction of sp³-hybridized carbons (Fsp3) is 0.478. The highest BCUT2D eigenvalue weighted by Crippen LogP contribution is 2.57. The first kappa shape index (κ1) is 18.2. The van der Waals surface area contributed by atoms with Crippen molar-refractivity contribution in [3.8, 4) is 17.2 Å². The molecule has 3 aliphatic rings. The lowest BCUT2D eigenvalue weighted by Gasteiger charge is -2.40. The number of allylic oxidation sites excluding steroid dienone is 2. The zero-order chi connectivity index (χ0) is 19.5. The Labute approximate surface area is 161 Å². The molecule has 0 aromatic heterocycles. The molecule has 3 atom stereocenters. The highest BCUT2D eigenvalue weighted by Gasteiger charge is 2.42. The molecule has 3 aliphatic heterocycles. The molecule has 4 heteroatoms. The Balaban J connectivity index is 2.06. The smallest absolute Gasteiger partial charge is 0.148 e. The molecule has 1 aromatic carbocycles. The van der Waals surface area contributed by atoms with E-state index in [1.54, 1.807) is 0 Å². The normalized spacial score (nSPS) is 27.4. The average Bonchev–Trinajstić information content (AvgIpc) is 2.58. The highest BCUT2D eigenvalue weighted by molar-refractivity contribution is 5.87. The van der Waals surface area contributed by atoms with Gasteiger partial charge in [-0.3, -0.25) is 0 Å². The van der Waals surface area contributed by atoms with Gasteiger partial charge in [0.25, 0.3) is 0 Å². The standard InChI is InChI=1S/C23H28O4/c1-7-8-15-11-12(2)25-22-17(15)21-16(9-10-23(5,6)27-21)20-18(22)19(24)13(3)14(4)26-20/h9-11,13-14,19,24H,2,7-8H2,1,3-6H3/t13-,14-,19+/m1/s1. The molecule has 27 heavy (non-hydrogen) atoms. The number of fused-ring (bicyclic) bond motifs is 6. The molecule has 1 aromatic rings. The van der Waals surface area contributed by atoms with Crippen LogP contribution in [0.25, 0.3) is 11.6 Å². The molecular formula is C23H28O4. The van der Waals surface area contributed by atoms with Crippen LogP contribution in [-0.4, -0.2) is 16.8 Å². The summed E-state index contributed by atoms with van der Waals surface area (Å²) in [6.07, 6.45) is 7.19. The zero-order valence-electron chi connectivity index (χ0n) is 16.8. The predicted molar refractivity (Wildman–Crippen MR) is 107 cm³/mol. The highest BCUT2D eigenvalue weighted by atomic mass is 16.5. The van der Waals surface area contributed by atoms with Gasteiger partial charge in [-0.15, -0.1) is 0 Å². The predicted octanol–water partition coefficient (Wildman–Crippen LogP) is 5.41. The molecule has 1 N–H and O–H groups in total. The molecule has 0 radical (unpaired) electrons. The third-order valence-corrected chi connectivity index (χ3v) is 5.70. The largest absolute Gasteiger partial charge is 0.489 e. The van der Waals surface area contributed by atoms with E-state index >= 15 is 0 Å². The summed E-state index contributed by atoms with van der Waals surface area (Å²) in [6, 6.07) is 0. The van der Waals surface area contributed by atoms with Crippen molar-refractivity contribution < 1.29 is 19.3 Å². The van der Waals surface area contributed by atoms with Crippen molar-refractivity contribution in [2.75, 3.05) is 0 Å². The van der Waals surface area contributed by atoms with Crippen LogP contribution in [0.1, 0.15) is 70.3 Å². The van der Waals surface area contributed by atoms with Crippen LogP contribution in [0.15, 0.2) is 24.5 Å². The van der Waals surface area contributed by atoms with Crippen molar-refractivity contribution in [1.29, 1.82) is 0 Å². The number of rotatable bonds is 2. The SMILES string of the molecule is C=C1C=C(CCC)c2c3c(c4c(c2O1)[C@@H](O)[C@H](C)[C@@H](C)O4)C=CC(C)(C)O3. The Kier molecular flexibility index (Phi) is 4.15. The van der Waals surface area contributed by atoms with Gasteiger partial charge in [0, 0.05) is 5.92 Å². The molecule has 4 nitrogen and oxygen atoms in total. The summed E-state index contributed by atoms with van der Waals surface area (Å²) in [6.45, 7) is 14.2. The maximum Gasteiger partial charge on any atom is 0.148 e. The first-order valence-corrected chi connectivity index (χ1v) is 9.78. The van der Waals surface area contributed by atoms with E-state index in [1.165, 1.54) is 0 Å². The van der Waals surface area contributed by atoms with Crippen LogP contribution in [0, 0.1) is 5.92 Å². The quantitative estimate of drug-likeness (QED) is 0.758. The minimum absolute atomic E-state index is 0.0398. The topological polar surface area (TPSA) is 47.9 Å². The van der Waals surface area contributed by atoms with Gasteiger partial charge in [0.15, 0.2) is 0 Å². The van der Waals surface area contributed by atoms with Crippen LogP contribution in [-0.2, 0) is 0 Å². The number of benzene rings is 1. The number of aliphatic hydroxyl groups is 1. The van der Waals surface area contributed by atoms with E-state index in [4.69, 9.17) is 14.2 Å². The second kappa shape index (κ2) is 6.16. The molecule has 144 valence electrons. The van der Waals surface area contributed by atoms with Crippen LogP contribution in [0.2, 0.25) is 0 Å². The van der Waals surface area contributed by atoms with Crippen LogP contribution >= 0.6 is 0 Å². The second-order valence-corrected chi connectivity index (χ2v) is 8.34. The summed E-state index contributed by atoms with van der Waals surface area (Å²) in [5.41, 5.74) is 3.24. The van der Waals surface area contributed by atoms with Crippen LogP contribution < -0.4 is 14.2 Å². The van der Waals surface area contributed by atoms with E-state index in [9.17, 15) is 5.11 Å². The van der Waals surface area contributed by atoms with Crippen LogP contribution in [0.3, 0.4) is 0 Å². The van der Waals surface area contributed by atoms with Crippen molar-refractivity contribution in [3.63, 3.8) is 0 Å². The number of ether oxygens (including phenoxy) is 3. The summed E-state index contributed by atoms with van der Waals surface area (Å²) in [4.78, 5) is 0. The molecule has 0 amide bonds. The van der Waals surface area contributed by atoms with E-state index in [0.29, 0.717) is 22.8 Å². The first-order chi connectivity index (χ1) is 12.7. The second-order valence-electron chi connectivity index (χ2n) is 8.34. The van der Waals surface area contributed by atoms with Gasteiger partial charge in [-0.1, -0.05) is 26.8 Å². The lowest BCUT2D eigenvalue weighted by Crippen LogP contribution is -2.35. The summed E-state index contributed by atoms with van der Waals surface area (Å²) < 4.78 is 18.7. The molecule has 0 unspecified atom stereocenters.